The fourth-order valence-corrected chi connectivity index (χ4v) is 1.89. The highest BCUT2D eigenvalue weighted by atomic mass is 16.3. The third-order valence-electron chi connectivity index (χ3n) is 3.49. The fourth-order valence-electron chi connectivity index (χ4n) is 1.89. The van der Waals surface area contributed by atoms with Crippen LogP contribution in [0.2, 0.25) is 0 Å². The highest BCUT2D eigenvalue weighted by molar-refractivity contribution is 5.83. The molecule has 0 aromatic rings. The largest absolute Gasteiger partial charge is 0.388 e. The molecule has 0 aromatic carbocycles. The number of Topliss-reactive ketones (excluding diaryl/α,β-unsaturated/α-hetero) is 1. The highest BCUT2D eigenvalue weighted by Gasteiger charge is 2.43. The van der Waals surface area contributed by atoms with E-state index in [0.717, 1.165) is 18.4 Å². The smallest absolute Gasteiger partial charge is 0.138 e. The van der Waals surface area contributed by atoms with Gasteiger partial charge in [0.15, 0.2) is 0 Å². The molecule has 13 heavy (non-hydrogen) atoms. The van der Waals surface area contributed by atoms with Crippen LogP contribution in [0.1, 0.15) is 33.6 Å². The SMILES string of the molecule is C=C1C(C)CCC(C)(C(C)=O)C1O. The molecule has 1 saturated carbocycles. The van der Waals surface area contributed by atoms with E-state index in [1.54, 1.807) is 6.92 Å². The fraction of sp³-hybridized carbons (Fsp3) is 0.727. The van der Waals surface area contributed by atoms with E-state index in [9.17, 15) is 9.90 Å². The first-order valence-electron chi connectivity index (χ1n) is 4.77. The van der Waals surface area contributed by atoms with Crippen LogP contribution in [-0.4, -0.2) is 17.0 Å². The monoisotopic (exact) mass is 182 g/mol. The zero-order valence-electron chi connectivity index (χ0n) is 8.63. The minimum Gasteiger partial charge on any atom is -0.388 e. The molecule has 0 aliphatic heterocycles. The minimum atomic E-state index is -0.659. The van der Waals surface area contributed by atoms with Crippen LogP contribution in [0.25, 0.3) is 0 Å². The maximum Gasteiger partial charge on any atom is 0.138 e. The molecule has 0 saturated heterocycles. The van der Waals surface area contributed by atoms with Crippen molar-refractivity contribution in [1.29, 1.82) is 0 Å². The lowest BCUT2D eigenvalue weighted by atomic mass is 9.66. The first-order chi connectivity index (χ1) is 5.89. The summed E-state index contributed by atoms with van der Waals surface area (Å²) in [4.78, 5) is 11.4. The van der Waals surface area contributed by atoms with Crippen LogP contribution in [0, 0.1) is 11.3 Å². The van der Waals surface area contributed by atoms with E-state index in [1.807, 2.05) is 13.8 Å². The van der Waals surface area contributed by atoms with Gasteiger partial charge in [0.05, 0.1) is 11.5 Å². The molecule has 0 spiro atoms. The maximum atomic E-state index is 11.4. The summed E-state index contributed by atoms with van der Waals surface area (Å²) in [5.41, 5.74) is 0.216. The molecule has 1 aliphatic carbocycles. The summed E-state index contributed by atoms with van der Waals surface area (Å²) in [5.74, 6) is 0.399. The number of aliphatic hydroxyl groups excluding tert-OH is 1. The van der Waals surface area contributed by atoms with Gasteiger partial charge in [-0.1, -0.05) is 13.5 Å². The number of carbonyl (C=O) groups is 1. The molecule has 0 amide bonds. The molecule has 1 rings (SSSR count). The zero-order chi connectivity index (χ0) is 10.2. The Balaban J connectivity index is 2.92. The van der Waals surface area contributed by atoms with Crippen molar-refractivity contribution in [1.82, 2.24) is 0 Å². The molecule has 0 bridgehead atoms. The van der Waals surface area contributed by atoms with Gasteiger partial charge in [-0.15, -0.1) is 0 Å². The zero-order valence-corrected chi connectivity index (χ0v) is 8.63. The molecule has 3 atom stereocenters. The second-order valence-electron chi connectivity index (χ2n) is 4.39. The van der Waals surface area contributed by atoms with E-state index in [2.05, 4.69) is 6.58 Å². The van der Waals surface area contributed by atoms with Crippen molar-refractivity contribution in [2.75, 3.05) is 0 Å². The molecule has 1 N–H and O–H groups in total. The normalized spacial score (nSPS) is 40.5. The second-order valence-corrected chi connectivity index (χ2v) is 4.39. The average Bonchev–Trinajstić information content (AvgIpc) is 2.08. The summed E-state index contributed by atoms with van der Waals surface area (Å²) in [5, 5.41) is 9.92. The lowest BCUT2D eigenvalue weighted by molar-refractivity contribution is -0.132. The third-order valence-corrected chi connectivity index (χ3v) is 3.49. The van der Waals surface area contributed by atoms with Gasteiger partial charge in [0.1, 0.15) is 5.78 Å². The molecule has 1 fully saturated rings. The lowest BCUT2D eigenvalue weighted by Gasteiger charge is -2.40. The molecule has 2 nitrogen and oxygen atoms in total. The van der Waals surface area contributed by atoms with E-state index in [-0.39, 0.29) is 5.78 Å². The van der Waals surface area contributed by atoms with Crippen LogP contribution in [-0.2, 0) is 4.79 Å². The summed E-state index contributed by atoms with van der Waals surface area (Å²) < 4.78 is 0. The summed E-state index contributed by atoms with van der Waals surface area (Å²) in [7, 11) is 0. The van der Waals surface area contributed by atoms with Crippen molar-refractivity contribution in [3.63, 3.8) is 0 Å². The summed E-state index contributed by atoms with van der Waals surface area (Å²) in [6.07, 6.45) is 1.06. The van der Waals surface area contributed by atoms with E-state index < -0.39 is 11.5 Å². The molecule has 1 aliphatic rings. The Kier molecular flexibility index (Phi) is 2.62. The molecule has 0 radical (unpaired) electrons. The summed E-state index contributed by atoms with van der Waals surface area (Å²) in [6, 6.07) is 0. The third kappa shape index (κ3) is 1.55. The van der Waals surface area contributed by atoms with Crippen LogP contribution in [0.4, 0.5) is 0 Å². The van der Waals surface area contributed by atoms with Gasteiger partial charge in [-0.2, -0.15) is 0 Å². The van der Waals surface area contributed by atoms with Gasteiger partial charge in [0.25, 0.3) is 0 Å². The molecule has 2 heteroatoms. The van der Waals surface area contributed by atoms with Gasteiger partial charge >= 0.3 is 0 Å². The number of hydrogen-bond donors (Lipinski definition) is 1. The Morgan fingerprint density at radius 1 is 1.69 bits per heavy atom. The molecular formula is C11H18O2. The summed E-state index contributed by atoms with van der Waals surface area (Å²) in [6.45, 7) is 9.28. The topological polar surface area (TPSA) is 37.3 Å². The van der Waals surface area contributed by atoms with Crippen molar-refractivity contribution in [2.45, 2.75) is 39.7 Å². The average molecular weight is 182 g/mol. The molecule has 3 unspecified atom stereocenters. The van der Waals surface area contributed by atoms with Crippen LogP contribution in [0.3, 0.4) is 0 Å². The van der Waals surface area contributed by atoms with Crippen molar-refractivity contribution in [3.8, 4) is 0 Å². The first kappa shape index (κ1) is 10.5. The quantitative estimate of drug-likeness (QED) is 0.629. The lowest BCUT2D eigenvalue weighted by Crippen LogP contribution is -2.44. The van der Waals surface area contributed by atoms with E-state index in [4.69, 9.17) is 0 Å². The number of ketones is 1. The molecule has 74 valence electrons. The predicted molar refractivity (Wildman–Crippen MR) is 52.3 cm³/mol. The van der Waals surface area contributed by atoms with Crippen LogP contribution >= 0.6 is 0 Å². The van der Waals surface area contributed by atoms with Crippen LogP contribution in [0.5, 0.6) is 0 Å². The second kappa shape index (κ2) is 3.26. The Hall–Kier alpha value is -0.630. The number of aliphatic hydroxyl groups is 1. The van der Waals surface area contributed by atoms with Gasteiger partial charge in [-0.3, -0.25) is 4.79 Å². The van der Waals surface area contributed by atoms with Crippen LogP contribution in [0.15, 0.2) is 12.2 Å². The van der Waals surface area contributed by atoms with Gasteiger partial charge in [-0.25, -0.2) is 0 Å². The number of hydrogen-bond acceptors (Lipinski definition) is 2. The number of rotatable bonds is 1. The van der Waals surface area contributed by atoms with Crippen molar-refractivity contribution in [3.05, 3.63) is 12.2 Å². The first-order valence-corrected chi connectivity index (χ1v) is 4.77. The van der Waals surface area contributed by atoms with Gasteiger partial charge in [0, 0.05) is 0 Å². The molecule has 0 aromatic heterocycles. The predicted octanol–water partition coefficient (Wildman–Crippen LogP) is 1.93. The van der Waals surface area contributed by atoms with Crippen molar-refractivity contribution in [2.24, 2.45) is 11.3 Å². The molecular weight excluding hydrogens is 164 g/mol. The van der Waals surface area contributed by atoms with Gasteiger partial charge < -0.3 is 5.11 Å². The van der Waals surface area contributed by atoms with Gasteiger partial charge in [0.2, 0.25) is 0 Å². The van der Waals surface area contributed by atoms with E-state index in [1.165, 1.54) is 0 Å². The Morgan fingerprint density at radius 2 is 2.23 bits per heavy atom. The molecule has 0 heterocycles. The van der Waals surface area contributed by atoms with E-state index in [0.29, 0.717) is 5.92 Å². The van der Waals surface area contributed by atoms with Crippen molar-refractivity contribution < 1.29 is 9.90 Å². The summed E-state index contributed by atoms with van der Waals surface area (Å²) >= 11 is 0. The Morgan fingerprint density at radius 3 is 2.69 bits per heavy atom. The number of carbonyl (C=O) groups excluding carboxylic acids is 1. The Bertz CT molecular complexity index is 244. The van der Waals surface area contributed by atoms with Crippen LogP contribution < -0.4 is 0 Å². The minimum absolute atomic E-state index is 0.0630. The Labute approximate surface area is 79.6 Å². The van der Waals surface area contributed by atoms with E-state index >= 15 is 0 Å². The highest BCUT2D eigenvalue weighted by Crippen LogP contribution is 2.41. The van der Waals surface area contributed by atoms with Gasteiger partial charge in [-0.05, 0) is 38.2 Å². The van der Waals surface area contributed by atoms with Crippen molar-refractivity contribution >= 4 is 5.78 Å². The standard InChI is InChI=1S/C11H18O2/c1-7-5-6-11(4,9(3)12)10(13)8(7)2/h7,10,13H,2,5-6H2,1,3-4H3. The maximum absolute atomic E-state index is 11.4.